The van der Waals surface area contributed by atoms with Crippen LogP contribution in [0.1, 0.15) is 43.1 Å². The van der Waals surface area contributed by atoms with E-state index in [4.69, 9.17) is 0 Å². The highest BCUT2D eigenvalue weighted by atomic mass is 16.2. The van der Waals surface area contributed by atoms with Crippen molar-refractivity contribution in [3.05, 3.63) is 29.7 Å². The smallest absolute Gasteiger partial charge is 0.259 e. The summed E-state index contributed by atoms with van der Waals surface area (Å²) in [6.45, 7) is 9.80. The monoisotopic (exact) mass is 358 g/mol. The second kappa shape index (κ2) is 7.82. The zero-order valence-corrected chi connectivity index (χ0v) is 15.6. The van der Waals surface area contributed by atoms with Gasteiger partial charge < -0.3 is 10.2 Å². The Hall–Kier alpha value is -2.48. The number of nitrogens with one attached hydrogen (secondary N) is 1. The number of carbonyl (C=O) groups excluding carboxylic acids is 2. The second-order valence-electron chi connectivity index (χ2n) is 6.65. The molecule has 1 N–H and O–H groups in total. The number of hydrogen-bond acceptors (Lipinski definition) is 5. The molecule has 1 aliphatic heterocycles. The first kappa shape index (κ1) is 18.3. The van der Waals surface area contributed by atoms with E-state index in [2.05, 4.69) is 34.1 Å². The Bertz CT molecular complexity index is 798. The van der Waals surface area contributed by atoms with Gasteiger partial charge in [-0.15, -0.1) is 0 Å². The van der Waals surface area contributed by atoms with Crippen molar-refractivity contribution < 1.29 is 9.59 Å². The molecule has 0 bridgehead atoms. The van der Waals surface area contributed by atoms with Crippen LogP contribution in [0.25, 0.3) is 5.65 Å². The average Bonchev–Trinajstić information content (AvgIpc) is 2.99. The van der Waals surface area contributed by atoms with Crippen LogP contribution in [0.5, 0.6) is 0 Å². The molecule has 2 aromatic heterocycles. The third-order valence-electron chi connectivity index (χ3n) is 4.91. The lowest BCUT2D eigenvalue weighted by Crippen LogP contribution is -2.41. The van der Waals surface area contributed by atoms with Gasteiger partial charge in [0.15, 0.2) is 5.65 Å². The van der Waals surface area contributed by atoms with Crippen molar-refractivity contribution in [2.75, 3.05) is 26.2 Å². The minimum Gasteiger partial charge on any atom is -0.354 e. The van der Waals surface area contributed by atoms with Crippen LogP contribution in [0, 0.1) is 0 Å². The van der Waals surface area contributed by atoms with E-state index in [0.717, 1.165) is 25.2 Å². The Morgan fingerprint density at radius 1 is 1.35 bits per heavy atom. The maximum absolute atomic E-state index is 13.0. The normalized spacial score (nSPS) is 18.2. The minimum atomic E-state index is -0.131. The summed E-state index contributed by atoms with van der Waals surface area (Å²) in [5.41, 5.74) is 2.08. The summed E-state index contributed by atoms with van der Waals surface area (Å²) >= 11 is 0. The number of aromatic nitrogens is 3. The molecule has 140 valence electrons. The van der Waals surface area contributed by atoms with Gasteiger partial charge in [-0.25, -0.2) is 9.50 Å². The standard InChI is InChI=1S/C18H26N6O2/c1-4-22(5-2)11-14-9-20-17-15(10-21-24(17)12-14)18(26)23-7-6-16(25)19-8-13(23)3/h9-10,12-13H,4-8,11H2,1-3H3,(H,19,25)/t13-/m0/s1. The molecule has 1 atom stereocenters. The van der Waals surface area contributed by atoms with Gasteiger partial charge in [-0.3, -0.25) is 14.5 Å². The van der Waals surface area contributed by atoms with Crippen molar-refractivity contribution in [3.8, 4) is 0 Å². The number of fused-ring (bicyclic) bond motifs is 1. The summed E-state index contributed by atoms with van der Waals surface area (Å²) in [4.78, 5) is 33.1. The Kier molecular flexibility index (Phi) is 5.51. The topological polar surface area (TPSA) is 82.8 Å². The number of amides is 2. The zero-order chi connectivity index (χ0) is 18.7. The molecule has 3 heterocycles. The summed E-state index contributed by atoms with van der Waals surface area (Å²) < 4.78 is 1.66. The fourth-order valence-corrected chi connectivity index (χ4v) is 3.21. The molecule has 1 saturated heterocycles. The first-order valence-electron chi connectivity index (χ1n) is 9.15. The van der Waals surface area contributed by atoms with E-state index in [1.807, 2.05) is 19.3 Å². The van der Waals surface area contributed by atoms with Crippen molar-refractivity contribution in [1.29, 1.82) is 0 Å². The summed E-state index contributed by atoms with van der Waals surface area (Å²) in [5, 5.41) is 7.15. The van der Waals surface area contributed by atoms with Gasteiger partial charge in [0, 0.05) is 50.1 Å². The third kappa shape index (κ3) is 3.70. The molecule has 3 rings (SSSR count). The number of nitrogens with zero attached hydrogens (tertiary/aromatic N) is 5. The van der Waals surface area contributed by atoms with E-state index in [0.29, 0.717) is 30.7 Å². The molecule has 2 aromatic rings. The molecule has 0 radical (unpaired) electrons. The van der Waals surface area contributed by atoms with E-state index < -0.39 is 0 Å². The molecule has 8 heteroatoms. The second-order valence-corrected chi connectivity index (χ2v) is 6.65. The molecular weight excluding hydrogens is 332 g/mol. The minimum absolute atomic E-state index is 0.0221. The molecule has 1 fully saturated rings. The first-order valence-corrected chi connectivity index (χ1v) is 9.15. The highest BCUT2D eigenvalue weighted by Crippen LogP contribution is 2.16. The van der Waals surface area contributed by atoms with Gasteiger partial charge in [-0.05, 0) is 20.0 Å². The molecule has 0 aromatic carbocycles. The largest absolute Gasteiger partial charge is 0.354 e. The van der Waals surface area contributed by atoms with E-state index in [1.165, 1.54) is 0 Å². The lowest BCUT2D eigenvalue weighted by atomic mass is 10.2. The fourth-order valence-electron chi connectivity index (χ4n) is 3.21. The summed E-state index contributed by atoms with van der Waals surface area (Å²) in [7, 11) is 0. The van der Waals surface area contributed by atoms with Crippen LogP contribution in [-0.2, 0) is 11.3 Å². The lowest BCUT2D eigenvalue weighted by molar-refractivity contribution is -0.120. The van der Waals surface area contributed by atoms with Gasteiger partial charge in [0.25, 0.3) is 5.91 Å². The quantitative estimate of drug-likeness (QED) is 0.859. The number of hydrogen-bond donors (Lipinski definition) is 1. The molecule has 8 nitrogen and oxygen atoms in total. The van der Waals surface area contributed by atoms with Gasteiger partial charge in [-0.2, -0.15) is 5.10 Å². The van der Waals surface area contributed by atoms with Gasteiger partial charge in [-0.1, -0.05) is 13.8 Å². The molecule has 0 aliphatic carbocycles. The predicted molar refractivity (Wildman–Crippen MR) is 97.7 cm³/mol. The Morgan fingerprint density at radius 2 is 2.12 bits per heavy atom. The Labute approximate surface area is 153 Å². The lowest BCUT2D eigenvalue weighted by Gasteiger charge is -2.25. The Balaban J connectivity index is 1.84. The molecule has 1 aliphatic rings. The molecular formula is C18H26N6O2. The van der Waals surface area contributed by atoms with Crippen LogP contribution >= 0.6 is 0 Å². The zero-order valence-electron chi connectivity index (χ0n) is 15.6. The SMILES string of the molecule is CCN(CC)Cc1cnc2c(C(=O)N3CCC(=O)NC[C@@H]3C)cnn2c1. The van der Waals surface area contributed by atoms with Gasteiger partial charge >= 0.3 is 0 Å². The van der Waals surface area contributed by atoms with E-state index >= 15 is 0 Å². The summed E-state index contributed by atoms with van der Waals surface area (Å²) in [6, 6.07) is -0.0640. The van der Waals surface area contributed by atoms with Crippen LogP contribution in [0.2, 0.25) is 0 Å². The molecule has 0 unspecified atom stereocenters. The molecule has 0 saturated carbocycles. The van der Waals surface area contributed by atoms with Crippen molar-refractivity contribution in [2.45, 2.75) is 39.8 Å². The number of rotatable bonds is 5. The van der Waals surface area contributed by atoms with Crippen LogP contribution < -0.4 is 5.32 Å². The van der Waals surface area contributed by atoms with Crippen molar-refractivity contribution >= 4 is 17.5 Å². The predicted octanol–water partition coefficient (Wildman–Crippen LogP) is 0.922. The highest BCUT2D eigenvalue weighted by molar-refractivity contribution is 6.00. The molecule has 0 spiro atoms. The van der Waals surface area contributed by atoms with Crippen molar-refractivity contribution in [2.24, 2.45) is 0 Å². The summed E-state index contributed by atoms with van der Waals surface area (Å²) in [5.74, 6) is -0.154. The maximum atomic E-state index is 13.0. The first-order chi connectivity index (χ1) is 12.5. The number of carbonyl (C=O) groups is 2. The maximum Gasteiger partial charge on any atom is 0.259 e. The van der Waals surface area contributed by atoms with E-state index in [-0.39, 0.29) is 17.9 Å². The molecule has 2 amide bonds. The van der Waals surface area contributed by atoms with Gasteiger partial charge in [0.1, 0.15) is 5.56 Å². The third-order valence-corrected chi connectivity index (χ3v) is 4.91. The van der Waals surface area contributed by atoms with Crippen LogP contribution in [0.4, 0.5) is 0 Å². The van der Waals surface area contributed by atoms with Crippen LogP contribution in [0.3, 0.4) is 0 Å². The van der Waals surface area contributed by atoms with Gasteiger partial charge in [0.05, 0.1) is 6.20 Å². The van der Waals surface area contributed by atoms with E-state index in [9.17, 15) is 9.59 Å². The highest BCUT2D eigenvalue weighted by Gasteiger charge is 2.27. The van der Waals surface area contributed by atoms with Crippen LogP contribution in [0.15, 0.2) is 18.6 Å². The van der Waals surface area contributed by atoms with Gasteiger partial charge in [0.2, 0.25) is 5.91 Å². The van der Waals surface area contributed by atoms with E-state index in [1.54, 1.807) is 15.6 Å². The van der Waals surface area contributed by atoms with Crippen molar-refractivity contribution in [3.63, 3.8) is 0 Å². The van der Waals surface area contributed by atoms with Crippen molar-refractivity contribution in [1.82, 2.24) is 29.7 Å². The molecule has 26 heavy (non-hydrogen) atoms. The average molecular weight is 358 g/mol. The summed E-state index contributed by atoms with van der Waals surface area (Å²) in [6.07, 6.45) is 5.62. The van der Waals surface area contributed by atoms with Crippen LogP contribution in [-0.4, -0.2) is 68.4 Å². The Morgan fingerprint density at radius 3 is 2.85 bits per heavy atom. The fraction of sp³-hybridized carbons (Fsp3) is 0.556.